The number of nitrogens with zero attached hydrogens (tertiary/aromatic N) is 2. The maximum absolute atomic E-state index is 5.69. The van der Waals surface area contributed by atoms with E-state index in [1.54, 1.807) is 0 Å². The smallest absolute Gasteiger partial charge is 0.0996 e. The normalized spacial score (nSPS) is 11.7. The van der Waals surface area contributed by atoms with Crippen LogP contribution >= 0.6 is 0 Å². The summed E-state index contributed by atoms with van der Waals surface area (Å²) in [6, 6.07) is 12.7. The third-order valence-electron chi connectivity index (χ3n) is 5.01. The second-order valence-corrected chi connectivity index (χ2v) is 8.59. The Balaban J connectivity index is 1.98. The van der Waals surface area contributed by atoms with E-state index >= 15 is 0 Å². The highest BCUT2D eigenvalue weighted by molar-refractivity contribution is 5.70. The Labute approximate surface area is 176 Å². The summed E-state index contributed by atoms with van der Waals surface area (Å²) in [5, 5.41) is 0. The van der Waals surface area contributed by atoms with Crippen molar-refractivity contribution in [2.45, 2.75) is 53.6 Å². The number of benzene rings is 2. The van der Waals surface area contributed by atoms with Crippen molar-refractivity contribution in [3.63, 3.8) is 0 Å². The Morgan fingerprint density at radius 2 is 1.79 bits per heavy atom. The fourth-order valence-corrected chi connectivity index (χ4v) is 2.87. The Morgan fingerprint density at radius 3 is 2.38 bits per heavy atom. The Morgan fingerprint density at radius 1 is 1.14 bits per heavy atom. The molecule has 0 radical (unpaired) electrons. The zero-order valence-corrected chi connectivity index (χ0v) is 19.0. The van der Waals surface area contributed by atoms with Crippen LogP contribution in [0.1, 0.15) is 55.5 Å². The summed E-state index contributed by atoms with van der Waals surface area (Å²) in [4.78, 5) is 12.3. The van der Waals surface area contributed by atoms with Gasteiger partial charge < -0.3 is 4.90 Å². The highest BCUT2D eigenvalue weighted by atomic mass is 16.6. The average molecular weight is 394 g/mol. The number of aliphatic imine (C=N–C) groups is 1. The van der Waals surface area contributed by atoms with E-state index in [0.717, 1.165) is 40.2 Å². The van der Waals surface area contributed by atoms with E-state index in [1.165, 1.54) is 5.56 Å². The first-order chi connectivity index (χ1) is 13.6. The molecular weight excluding hydrogens is 358 g/mol. The second kappa shape index (κ2) is 9.75. The first-order valence-corrected chi connectivity index (χ1v) is 10.1. The van der Waals surface area contributed by atoms with Crippen molar-refractivity contribution in [3.05, 3.63) is 70.8 Å². The molecule has 4 heteroatoms. The van der Waals surface area contributed by atoms with Crippen LogP contribution in [-0.4, -0.2) is 24.8 Å². The van der Waals surface area contributed by atoms with Crippen molar-refractivity contribution in [3.8, 4) is 0 Å². The van der Waals surface area contributed by atoms with E-state index < -0.39 is 0 Å². The van der Waals surface area contributed by atoms with Gasteiger partial charge in [0.2, 0.25) is 0 Å². The molecule has 0 saturated heterocycles. The molecule has 2 aromatic carbocycles. The minimum Gasteiger partial charge on any atom is -0.366 e. The molecule has 0 bridgehead atoms. The van der Waals surface area contributed by atoms with Gasteiger partial charge in [-0.2, -0.15) is 0 Å². The van der Waals surface area contributed by atoms with E-state index in [9.17, 15) is 0 Å². The summed E-state index contributed by atoms with van der Waals surface area (Å²) in [5.74, 6) is 0. The minimum absolute atomic E-state index is 0.156. The van der Waals surface area contributed by atoms with E-state index in [1.807, 2.05) is 18.3 Å². The topological polar surface area (TPSA) is 36.9 Å². The number of hydrogen-bond acceptors (Lipinski definition) is 3. The summed E-state index contributed by atoms with van der Waals surface area (Å²) < 4.78 is 0. The Bertz CT molecular complexity index is 861. The van der Waals surface area contributed by atoms with Crippen molar-refractivity contribution in [1.29, 1.82) is 0 Å². The number of nitrogens with one attached hydrogen (secondary N) is 1. The predicted molar refractivity (Wildman–Crippen MR) is 124 cm³/mol. The molecule has 2 aromatic rings. The molecule has 0 aromatic heterocycles. The van der Waals surface area contributed by atoms with Gasteiger partial charge in [0.25, 0.3) is 0 Å². The van der Waals surface area contributed by atoms with Crippen LogP contribution in [0.3, 0.4) is 0 Å². The number of aryl methyl sites for hydroxylation is 2. The maximum Gasteiger partial charge on any atom is 0.0996 e. The van der Waals surface area contributed by atoms with Gasteiger partial charge in [0.05, 0.1) is 24.3 Å². The van der Waals surface area contributed by atoms with Gasteiger partial charge in [-0.3, -0.25) is 10.3 Å². The van der Waals surface area contributed by atoms with Gasteiger partial charge in [-0.1, -0.05) is 51.6 Å². The van der Waals surface area contributed by atoms with Crippen LogP contribution in [0.2, 0.25) is 0 Å². The van der Waals surface area contributed by atoms with Crippen LogP contribution in [0.5, 0.6) is 0 Å². The van der Waals surface area contributed by atoms with Crippen LogP contribution in [0.15, 0.2) is 48.0 Å². The van der Waals surface area contributed by atoms with Crippen molar-refractivity contribution >= 4 is 17.7 Å². The summed E-state index contributed by atoms with van der Waals surface area (Å²) in [5.41, 5.74) is 10.6. The lowest BCUT2D eigenvalue weighted by molar-refractivity contribution is 0.0647. The van der Waals surface area contributed by atoms with Crippen LogP contribution in [-0.2, 0) is 16.9 Å². The monoisotopic (exact) mass is 393 g/mol. The minimum atomic E-state index is 0.156. The van der Waals surface area contributed by atoms with E-state index in [2.05, 4.69) is 95.0 Å². The molecule has 0 spiro atoms. The first kappa shape index (κ1) is 22.7. The first-order valence-electron chi connectivity index (χ1n) is 10.1. The quantitative estimate of drug-likeness (QED) is 0.344. The lowest BCUT2D eigenvalue weighted by Crippen LogP contribution is -2.14. The lowest BCUT2D eigenvalue weighted by Gasteiger charge is -2.19. The van der Waals surface area contributed by atoms with Gasteiger partial charge in [0, 0.05) is 19.2 Å². The van der Waals surface area contributed by atoms with Crippen LogP contribution in [0.25, 0.3) is 5.70 Å². The molecule has 2 rings (SSSR count). The second-order valence-electron chi connectivity index (χ2n) is 8.59. The average Bonchev–Trinajstić information content (AvgIpc) is 2.67. The molecule has 1 N–H and O–H groups in total. The Kier molecular flexibility index (Phi) is 7.63. The van der Waals surface area contributed by atoms with Crippen molar-refractivity contribution in [1.82, 2.24) is 10.4 Å². The molecule has 0 fully saturated rings. The van der Waals surface area contributed by atoms with E-state index in [-0.39, 0.29) is 5.41 Å². The molecule has 156 valence electrons. The summed E-state index contributed by atoms with van der Waals surface area (Å²) in [7, 11) is 2.01. The highest BCUT2D eigenvalue weighted by Crippen LogP contribution is 2.26. The fraction of sp³-hybridized carbons (Fsp3) is 0.400. The zero-order valence-electron chi connectivity index (χ0n) is 19.0. The van der Waals surface area contributed by atoms with Gasteiger partial charge in [-0.05, 0) is 60.6 Å². The molecule has 0 unspecified atom stereocenters. The molecule has 29 heavy (non-hydrogen) atoms. The third kappa shape index (κ3) is 6.47. The Hall–Kier alpha value is -2.59. The number of hydroxylamine groups is 1. The van der Waals surface area contributed by atoms with Gasteiger partial charge in [0.1, 0.15) is 0 Å². The zero-order chi connectivity index (χ0) is 21.6. The highest BCUT2D eigenvalue weighted by Gasteiger charge is 2.13. The SMILES string of the molecule is C=C(NOCc1ccc(C(C)(C)C)cc1)c1cc(C)c(N=CN(C)CC)cc1C. The third-order valence-corrected chi connectivity index (χ3v) is 5.01. The molecule has 4 nitrogen and oxygen atoms in total. The van der Waals surface area contributed by atoms with Gasteiger partial charge >= 0.3 is 0 Å². The van der Waals surface area contributed by atoms with Gasteiger partial charge in [0.15, 0.2) is 0 Å². The van der Waals surface area contributed by atoms with E-state index in [0.29, 0.717) is 6.61 Å². The maximum atomic E-state index is 5.69. The molecular formula is C25H35N3O. The van der Waals surface area contributed by atoms with Gasteiger partial charge in [-0.25, -0.2) is 4.99 Å². The molecule has 0 saturated carbocycles. The molecule has 0 atom stereocenters. The van der Waals surface area contributed by atoms with Crippen LogP contribution in [0, 0.1) is 13.8 Å². The molecule has 0 amide bonds. The summed E-state index contributed by atoms with van der Waals surface area (Å²) in [6.45, 7) is 18.4. The van der Waals surface area contributed by atoms with Crippen molar-refractivity contribution in [2.75, 3.05) is 13.6 Å². The van der Waals surface area contributed by atoms with Crippen molar-refractivity contribution in [2.24, 2.45) is 4.99 Å². The fourth-order valence-electron chi connectivity index (χ4n) is 2.87. The molecule has 0 heterocycles. The predicted octanol–water partition coefficient (Wildman–Crippen LogP) is 5.90. The molecule has 0 aliphatic rings. The van der Waals surface area contributed by atoms with Crippen LogP contribution < -0.4 is 5.48 Å². The van der Waals surface area contributed by atoms with Crippen molar-refractivity contribution < 1.29 is 4.84 Å². The standard InChI is InChI=1S/C25H35N3O/c1-9-28(8)17-26-24-15-18(2)23(14-19(24)3)20(4)27-29-16-21-10-12-22(13-11-21)25(5,6)7/h10-15,17,27H,4,9,16H2,1-3,5-8H3. The van der Waals surface area contributed by atoms with E-state index in [4.69, 9.17) is 4.84 Å². The largest absolute Gasteiger partial charge is 0.366 e. The summed E-state index contributed by atoms with van der Waals surface area (Å²) in [6.07, 6.45) is 1.86. The van der Waals surface area contributed by atoms with Gasteiger partial charge in [-0.15, -0.1) is 0 Å². The number of hydrogen-bond donors (Lipinski definition) is 1. The van der Waals surface area contributed by atoms with Crippen LogP contribution in [0.4, 0.5) is 5.69 Å². The number of rotatable bonds is 8. The molecule has 0 aliphatic carbocycles. The summed E-state index contributed by atoms with van der Waals surface area (Å²) >= 11 is 0. The molecule has 0 aliphatic heterocycles. The lowest BCUT2D eigenvalue weighted by atomic mass is 9.87.